The van der Waals surface area contributed by atoms with E-state index in [2.05, 4.69) is 15.5 Å². The lowest BCUT2D eigenvalue weighted by molar-refractivity contribution is -0.408. The summed E-state index contributed by atoms with van der Waals surface area (Å²) >= 11 is 0. The number of nitrogens with zero attached hydrogens (tertiary/aromatic N) is 4. The number of urea groups is 1. The van der Waals surface area contributed by atoms with Gasteiger partial charge in [-0.3, -0.25) is 9.59 Å². The maximum absolute atomic E-state index is 13.0. The summed E-state index contributed by atoms with van der Waals surface area (Å²) < 4.78 is 11.6. The molecule has 2 aliphatic rings. The molecule has 142 valence electrons. The molecule has 1 unspecified atom stereocenters. The number of aryl methyl sites for hydroxylation is 1. The van der Waals surface area contributed by atoms with Gasteiger partial charge in [-0.15, -0.1) is 4.99 Å². The molecule has 0 saturated carbocycles. The summed E-state index contributed by atoms with van der Waals surface area (Å²) in [4.78, 5) is 43.0. The third kappa shape index (κ3) is 3.25. The van der Waals surface area contributed by atoms with E-state index in [1.165, 1.54) is 24.8 Å². The predicted molar refractivity (Wildman–Crippen MR) is 94.5 cm³/mol. The Balaban J connectivity index is 1.88. The first kappa shape index (κ1) is 18.5. The van der Waals surface area contributed by atoms with Crippen LogP contribution in [0.15, 0.2) is 26.9 Å². The van der Waals surface area contributed by atoms with Crippen LogP contribution >= 0.6 is 0 Å². The van der Waals surface area contributed by atoms with Crippen LogP contribution in [0.5, 0.6) is 0 Å². The molecule has 3 rings (SSSR count). The highest BCUT2D eigenvalue weighted by Gasteiger charge is 2.51. The van der Waals surface area contributed by atoms with Crippen LogP contribution in [0.1, 0.15) is 19.1 Å². The molecule has 0 aromatic carbocycles. The van der Waals surface area contributed by atoms with Gasteiger partial charge >= 0.3 is 11.9 Å². The molecule has 1 N–H and O–H groups in total. The van der Waals surface area contributed by atoms with E-state index in [1.54, 1.807) is 13.1 Å². The van der Waals surface area contributed by atoms with Crippen molar-refractivity contribution in [1.29, 1.82) is 0 Å². The van der Waals surface area contributed by atoms with Gasteiger partial charge in [0.25, 0.3) is 11.7 Å². The van der Waals surface area contributed by atoms with Crippen LogP contribution in [0.25, 0.3) is 0 Å². The van der Waals surface area contributed by atoms with E-state index < -0.39 is 30.3 Å². The first-order valence-electron chi connectivity index (χ1n) is 8.37. The van der Waals surface area contributed by atoms with Crippen molar-refractivity contribution in [3.8, 4) is 0 Å². The van der Waals surface area contributed by atoms with Gasteiger partial charge in [0.05, 0.1) is 14.2 Å². The van der Waals surface area contributed by atoms with Crippen molar-refractivity contribution in [2.24, 2.45) is 10.9 Å². The van der Waals surface area contributed by atoms with Gasteiger partial charge in [0.1, 0.15) is 17.7 Å². The number of methoxy groups -OCH3 is 1. The fraction of sp³-hybridized carbons (Fsp3) is 0.412. The van der Waals surface area contributed by atoms with E-state index in [1.807, 2.05) is 6.92 Å². The van der Waals surface area contributed by atoms with E-state index >= 15 is 0 Å². The van der Waals surface area contributed by atoms with Crippen molar-refractivity contribution in [3.63, 3.8) is 0 Å². The number of hydrogen-bond acceptors (Lipinski definition) is 7. The van der Waals surface area contributed by atoms with Gasteiger partial charge in [0.15, 0.2) is 18.3 Å². The summed E-state index contributed by atoms with van der Waals surface area (Å²) in [5.41, 5.74) is 0.768. The summed E-state index contributed by atoms with van der Waals surface area (Å²) in [5, 5.41) is 6.15. The third-order valence-corrected chi connectivity index (χ3v) is 4.36. The average Bonchev–Trinajstić information content (AvgIpc) is 3.06. The number of amidine groups is 1. The van der Waals surface area contributed by atoms with Gasteiger partial charge in [-0.1, -0.05) is 12.1 Å². The normalized spacial score (nSPS) is 19.6. The smallest absolute Gasteiger partial charge is 0.446 e. The van der Waals surface area contributed by atoms with Crippen LogP contribution in [-0.2, 0) is 14.3 Å². The van der Waals surface area contributed by atoms with Crippen molar-refractivity contribution in [1.82, 2.24) is 10.1 Å². The summed E-state index contributed by atoms with van der Waals surface area (Å²) in [6, 6.07) is 0.899. The number of aromatic nitrogens is 1. The van der Waals surface area contributed by atoms with E-state index in [-0.39, 0.29) is 11.7 Å². The Hall–Kier alpha value is -3.30. The highest BCUT2D eigenvalue weighted by atomic mass is 16.5. The van der Waals surface area contributed by atoms with Crippen molar-refractivity contribution < 1.29 is 28.2 Å². The van der Waals surface area contributed by atoms with Gasteiger partial charge in [-0.2, -0.15) is 9.48 Å². The molecular formula is C17H20N5O5+. The zero-order valence-corrected chi connectivity index (χ0v) is 15.5. The van der Waals surface area contributed by atoms with Crippen LogP contribution in [0.3, 0.4) is 0 Å². The Morgan fingerprint density at radius 2 is 2.19 bits per heavy atom. The molecule has 4 amide bonds. The van der Waals surface area contributed by atoms with Crippen LogP contribution < -0.4 is 5.32 Å². The minimum absolute atomic E-state index is 0.211. The number of rotatable bonds is 5. The highest BCUT2D eigenvalue weighted by Crippen LogP contribution is 2.28. The Morgan fingerprint density at radius 1 is 1.44 bits per heavy atom. The van der Waals surface area contributed by atoms with Crippen LogP contribution in [0, 0.1) is 12.8 Å². The SMILES string of the molecule is CCC1=C(OC)C2C(=O)N(CC(=O)Nc3cc(C)on3)C(=O)[N+](C)=C2N=C1. The van der Waals surface area contributed by atoms with Crippen LogP contribution in [0.4, 0.5) is 10.6 Å². The maximum Gasteiger partial charge on any atom is 0.446 e. The second-order valence-electron chi connectivity index (χ2n) is 6.13. The van der Waals surface area contributed by atoms with E-state index in [9.17, 15) is 14.4 Å². The molecule has 1 aromatic heterocycles. The molecule has 0 aliphatic carbocycles. The molecule has 1 atom stereocenters. The first-order chi connectivity index (χ1) is 12.9. The van der Waals surface area contributed by atoms with Crippen molar-refractivity contribution >= 4 is 35.7 Å². The molecule has 2 aliphatic heterocycles. The molecule has 0 saturated heterocycles. The highest BCUT2D eigenvalue weighted by molar-refractivity contribution is 6.17. The Kier molecular flexibility index (Phi) is 4.89. The van der Waals surface area contributed by atoms with Gasteiger partial charge in [-0.25, -0.2) is 4.79 Å². The quantitative estimate of drug-likeness (QED) is 0.767. The topological polar surface area (TPSA) is 117 Å². The largest absolute Gasteiger partial charge is 0.499 e. The summed E-state index contributed by atoms with van der Waals surface area (Å²) in [6.07, 6.45) is 2.21. The number of allylic oxidation sites excluding steroid dienone is 1. The maximum atomic E-state index is 13.0. The predicted octanol–water partition coefficient (Wildman–Crippen LogP) is 0.936. The molecule has 0 bridgehead atoms. The van der Waals surface area contributed by atoms with E-state index in [4.69, 9.17) is 9.26 Å². The number of aliphatic imine (C=N–C) groups is 1. The van der Waals surface area contributed by atoms with Crippen molar-refractivity contribution in [2.75, 3.05) is 26.0 Å². The zero-order valence-electron chi connectivity index (χ0n) is 15.5. The summed E-state index contributed by atoms with van der Waals surface area (Å²) in [7, 11) is 2.97. The Labute approximate surface area is 155 Å². The minimum atomic E-state index is -0.861. The number of carbonyl (C=O) groups excluding carboxylic acids is 3. The standard InChI is InChI=1S/C17H19N5O5/c1-5-10-7-18-15-13(14(10)26-4)16(24)22(17(25)21(15)3)8-12(23)19-11-6-9(2)27-20-11/h6-7,13H,5,8H2,1-4H3/p+1. The number of ether oxygens (including phenoxy) is 1. The molecule has 3 heterocycles. The van der Waals surface area contributed by atoms with Gasteiger partial charge in [0.2, 0.25) is 0 Å². The molecule has 0 fully saturated rings. The molecule has 0 radical (unpaired) electrons. The molecular weight excluding hydrogens is 354 g/mol. The minimum Gasteiger partial charge on any atom is -0.499 e. The molecule has 27 heavy (non-hydrogen) atoms. The molecule has 1 aromatic rings. The fourth-order valence-corrected chi connectivity index (χ4v) is 3.03. The second-order valence-corrected chi connectivity index (χ2v) is 6.13. The lowest BCUT2D eigenvalue weighted by Gasteiger charge is -2.28. The average molecular weight is 374 g/mol. The van der Waals surface area contributed by atoms with Crippen molar-refractivity contribution in [2.45, 2.75) is 20.3 Å². The number of anilines is 1. The summed E-state index contributed by atoms with van der Waals surface area (Å²) in [6.45, 7) is 3.14. The van der Waals surface area contributed by atoms with Gasteiger partial charge in [-0.05, 0) is 13.3 Å². The molecule has 10 nitrogen and oxygen atoms in total. The summed E-state index contributed by atoms with van der Waals surface area (Å²) in [5.74, 6) is -0.537. The third-order valence-electron chi connectivity index (χ3n) is 4.36. The first-order valence-corrected chi connectivity index (χ1v) is 8.37. The number of dihydropyridines is 1. The van der Waals surface area contributed by atoms with Crippen LogP contribution in [0.2, 0.25) is 0 Å². The van der Waals surface area contributed by atoms with Gasteiger partial charge < -0.3 is 14.6 Å². The monoisotopic (exact) mass is 374 g/mol. The van der Waals surface area contributed by atoms with Crippen molar-refractivity contribution in [3.05, 3.63) is 23.2 Å². The van der Waals surface area contributed by atoms with E-state index in [0.717, 1.165) is 10.5 Å². The number of fused-ring (bicyclic) bond motifs is 1. The lowest BCUT2D eigenvalue weighted by atomic mass is 9.94. The fourth-order valence-electron chi connectivity index (χ4n) is 3.03. The number of amides is 4. The van der Waals surface area contributed by atoms with E-state index in [0.29, 0.717) is 17.9 Å². The van der Waals surface area contributed by atoms with Gasteiger partial charge in [0, 0.05) is 11.6 Å². The Morgan fingerprint density at radius 3 is 2.78 bits per heavy atom. The lowest BCUT2D eigenvalue weighted by Crippen LogP contribution is -2.56. The zero-order chi connectivity index (χ0) is 19.7. The number of imide groups is 1. The second kappa shape index (κ2) is 7.14. The Bertz CT molecular complexity index is 911. The molecule has 10 heteroatoms. The van der Waals surface area contributed by atoms with Crippen LogP contribution in [-0.4, -0.2) is 65.2 Å². The molecule has 0 spiro atoms. The number of nitrogens with one attached hydrogen (secondary N) is 1. The number of carbonyl (C=O) groups is 3. The number of hydrogen-bond donors (Lipinski definition) is 1.